The molecule has 7 nitrogen and oxygen atoms in total. The largest absolute Gasteiger partial charge is 0.357 e. The zero-order chi connectivity index (χ0) is 23.9. The van der Waals surface area contributed by atoms with Gasteiger partial charge in [-0.25, -0.2) is 0 Å². The Morgan fingerprint density at radius 3 is 2.38 bits per heavy atom. The van der Waals surface area contributed by atoms with Crippen molar-refractivity contribution >= 4 is 38.9 Å². The van der Waals surface area contributed by atoms with Gasteiger partial charge in [0.2, 0.25) is 5.91 Å². The molecule has 174 valence electrons. The van der Waals surface area contributed by atoms with Gasteiger partial charge in [0.05, 0.1) is 11.7 Å². The van der Waals surface area contributed by atoms with Gasteiger partial charge in [0, 0.05) is 28.1 Å². The van der Waals surface area contributed by atoms with Crippen LogP contribution in [0.25, 0.3) is 0 Å². The minimum absolute atomic E-state index is 0.0815. The van der Waals surface area contributed by atoms with E-state index in [2.05, 4.69) is 11.4 Å². The molecule has 0 aliphatic rings. The van der Waals surface area contributed by atoms with E-state index < -0.39 is 15.7 Å². The lowest BCUT2D eigenvalue weighted by Crippen LogP contribution is -2.46. The molecule has 0 aliphatic heterocycles. The van der Waals surface area contributed by atoms with Crippen molar-refractivity contribution in [1.82, 2.24) is 5.32 Å². The summed E-state index contributed by atoms with van der Waals surface area (Å²) < 4.78 is 32.9. The monoisotopic (exact) mass is 477 g/mol. The summed E-state index contributed by atoms with van der Waals surface area (Å²) in [5.74, 6) is -0.0815. The Morgan fingerprint density at radius 2 is 1.88 bits per heavy atom. The molecule has 32 heavy (non-hydrogen) atoms. The number of allylic oxidation sites excluding steroid dienone is 2. The molecule has 0 spiro atoms. The second kappa shape index (κ2) is 10.9. The lowest BCUT2D eigenvalue weighted by molar-refractivity contribution is -0.128. The predicted octanol–water partition coefficient (Wildman–Crippen LogP) is 4.64. The van der Waals surface area contributed by atoms with Gasteiger partial charge in [-0.05, 0) is 49.4 Å². The number of anilines is 1. The minimum Gasteiger partial charge on any atom is -0.347 e. The maximum atomic E-state index is 12.7. The fourth-order valence-corrected chi connectivity index (χ4v) is 4.03. The van der Waals surface area contributed by atoms with Crippen LogP contribution >= 0.6 is 11.3 Å². The number of carbonyl (C=O) groups excluding carboxylic acids is 1. The normalized spacial score (nSPS) is 14.2. The smallest absolute Gasteiger partial charge is 0.347 e. The molecule has 0 fully saturated rings. The lowest BCUT2D eigenvalue weighted by Gasteiger charge is -2.25. The number of nitrogens with zero attached hydrogens (tertiary/aromatic N) is 1. The molecule has 0 aliphatic carbocycles. The number of carbonyl (C=O) groups is 1. The van der Waals surface area contributed by atoms with E-state index >= 15 is 0 Å². The van der Waals surface area contributed by atoms with Crippen molar-refractivity contribution in [2.75, 3.05) is 4.72 Å². The molecular weight excluding hydrogens is 446 g/mol. The van der Waals surface area contributed by atoms with Gasteiger partial charge in [0.1, 0.15) is 0 Å². The summed E-state index contributed by atoms with van der Waals surface area (Å²) in [4.78, 5) is 18.7. The molecular formula is C23H31N3O4S2. The van der Waals surface area contributed by atoms with Gasteiger partial charge in [-0.15, -0.1) is 11.3 Å². The van der Waals surface area contributed by atoms with Crippen LogP contribution in [0.15, 0.2) is 58.5 Å². The fourth-order valence-electron chi connectivity index (χ4n) is 2.87. The van der Waals surface area contributed by atoms with E-state index in [1.54, 1.807) is 35.6 Å². The van der Waals surface area contributed by atoms with E-state index in [-0.39, 0.29) is 17.6 Å². The van der Waals surface area contributed by atoms with Crippen LogP contribution in [-0.4, -0.2) is 30.6 Å². The van der Waals surface area contributed by atoms with Crippen molar-refractivity contribution in [3.8, 4) is 0 Å². The Balaban J connectivity index is 2.25. The highest BCUT2D eigenvalue weighted by Gasteiger charge is 2.25. The van der Waals surface area contributed by atoms with Gasteiger partial charge in [-0.1, -0.05) is 45.0 Å². The van der Waals surface area contributed by atoms with Crippen molar-refractivity contribution in [2.45, 2.75) is 53.5 Å². The van der Waals surface area contributed by atoms with Crippen molar-refractivity contribution in [3.05, 3.63) is 64.0 Å². The molecule has 1 aromatic carbocycles. The number of benzene rings is 1. The topological polar surface area (TPSA) is 108 Å². The maximum absolute atomic E-state index is 12.7. The highest BCUT2D eigenvalue weighted by molar-refractivity contribution is 7.87. The van der Waals surface area contributed by atoms with E-state index in [0.717, 1.165) is 23.4 Å². The third-order valence-corrected chi connectivity index (χ3v) is 6.09. The van der Waals surface area contributed by atoms with Crippen molar-refractivity contribution in [3.63, 3.8) is 0 Å². The van der Waals surface area contributed by atoms with Crippen molar-refractivity contribution in [1.29, 1.82) is 0 Å². The standard InChI is InChI=1S/C23H31N3O4S2/c1-6-18(15-20-8-7-13-31-20)24-16(2)21(25-22(27)23(3,4)5)14-17-9-11-19(12-10-17)26-32(28,29)30/h6-13,21,26H,14-15H2,1-5H3,(H,25,27)(H,28,29,30)/b18-6-,24-16?/t21-/m0/s1. The number of amides is 1. The summed E-state index contributed by atoms with van der Waals surface area (Å²) in [6, 6.07) is 10.4. The molecule has 0 radical (unpaired) electrons. The van der Waals surface area contributed by atoms with E-state index in [4.69, 9.17) is 9.55 Å². The van der Waals surface area contributed by atoms with Gasteiger partial charge in [0.25, 0.3) is 0 Å². The van der Waals surface area contributed by atoms with Gasteiger partial charge in [-0.2, -0.15) is 8.42 Å². The first-order chi connectivity index (χ1) is 14.9. The molecule has 1 aromatic heterocycles. The zero-order valence-electron chi connectivity index (χ0n) is 19.0. The average Bonchev–Trinajstić information content (AvgIpc) is 3.19. The number of hydrogen-bond acceptors (Lipinski definition) is 5. The molecule has 1 amide bonds. The number of hydrogen-bond donors (Lipinski definition) is 3. The molecule has 9 heteroatoms. The molecule has 0 saturated heterocycles. The Hall–Kier alpha value is -2.49. The first-order valence-corrected chi connectivity index (χ1v) is 12.6. The van der Waals surface area contributed by atoms with Crippen LogP contribution in [0.4, 0.5) is 5.69 Å². The van der Waals surface area contributed by atoms with Crippen LogP contribution in [-0.2, 0) is 27.9 Å². The van der Waals surface area contributed by atoms with Gasteiger partial charge < -0.3 is 5.32 Å². The second-order valence-electron chi connectivity index (χ2n) is 8.54. The third-order valence-electron chi connectivity index (χ3n) is 4.72. The van der Waals surface area contributed by atoms with Crippen LogP contribution in [0.3, 0.4) is 0 Å². The molecule has 2 rings (SSSR count). The van der Waals surface area contributed by atoms with Crippen molar-refractivity contribution in [2.24, 2.45) is 10.4 Å². The Labute approximate surface area is 194 Å². The number of nitrogens with one attached hydrogen (secondary N) is 2. The first kappa shape index (κ1) is 25.8. The SMILES string of the molecule is C/C=C(/Cc1cccs1)N=C(C)[C@H](Cc1ccc(NS(=O)(=O)O)cc1)NC(=O)C(C)(C)C. The highest BCUT2D eigenvalue weighted by Crippen LogP contribution is 2.18. The summed E-state index contributed by atoms with van der Waals surface area (Å²) in [6.07, 6.45) is 3.18. The summed E-state index contributed by atoms with van der Waals surface area (Å²) in [5.41, 5.74) is 2.30. The molecule has 3 N–H and O–H groups in total. The third kappa shape index (κ3) is 8.57. The summed E-state index contributed by atoms with van der Waals surface area (Å²) in [7, 11) is -4.33. The summed E-state index contributed by atoms with van der Waals surface area (Å²) in [6.45, 7) is 9.42. The molecule has 0 unspecified atom stereocenters. The number of thiophene rings is 1. The molecule has 1 heterocycles. The van der Waals surface area contributed by atoms with Crippen LogP contribution in [0.5, 0.6) is 0 Å². The Morgan fingerprint density at radius 1 is 1.22 bits per heavy atom. The molecule has 0 bridgehead atoms. The van der Waals surface area contributed by atoms with E-state index in [9.17, 15) is 13.2 Å². The van der Waals surface area contributed by atoms with Crippen LogP contribution in [0, 0.1) is 5.41 Å². The van der Waals surface area contributed by atoms with Crippen LogP contribution < -0.4 is 10.0 Å². The number of rotatable bonds is 9. The van der Waals surface area contributed by atoms with Gasteiger partial charge in [0.15, 0.2) is 0 Å². The van der Waals surface area contributed by atoms with Gasteiger partial charge in [-0.3, -0.25) is 19.1 Å². The Kier molecular flexibility index (Phi) is 8.77. The van der Waals surface area contributed by atoms with Crippen LogP contribution in [0.1, 0.15) is 45.1 Å². The Bertz CT molecular complexity index is 1070. The van der Waals surface area contributed by atoms with E-state index in [0.29, 0.717) is 6.42 Å². The molecule has 0 saturated carbocycles. The first-order valence-electron chi connectivity index (χ1n) is 10.3. The fraction of sp³-hybridized carbons (Fsp3) is 0.391. The molecule has 1 atom stereocenters. The summed E-state index contributed by atoms with van der Waals surface area (Å²) in [5, 5.41) is 5.13. The van der Waals surface area contributed by atoms with Crippen LogP contribution in [0.2, 0.25) is 0 Å². The predicted molar refractivity (Wildman–Crippen MR) is 132 cm³/mol. The zero-order valence-corrected chi connectivity index (χ0v) is 20.7. The number of aliphatic imine (C=N–C) groups is 1. The lowest BCUT2D eigenvalue weighted by atomic mass is 9.93. The quantitative estimate of drug-likeness (QED) is 0.361. The highest BCUT2D eigenvalue weighted by atomic mass is 32.2. The average molecular weight is 478 g/mol. The van der Waals surface area contributed by atoms with E-state index in [1.807, 2.05) is 56.9 Å². The molecule has 2 aromatic rings. The summed E-state index contributed by atoms with van der Waals surface area (Å²) >= 11 is 1.68. The van der Waals surface area contributed by atoms with E-state index in [1.165, 1.54) is 4.88 Å². The minimum atomic E-state index is -4.33. The second-order valence-corrected chi connectivity index (χ2v) is 10.7. The maximum Gasteiger partial charge on any atom is 0.357 e. The van der Waals surface area contributed by atoms with Crippen molar-refractivity contribution < 1.29 is 17.8 Å². The van der Waals surface area contributed by atoms with Gasteiger partial charge >= 0.3 is 10.3 Å².